The van der Waals surface area contributed by atoms with E-state index in [1.807, 2.05) is 0 Å². The Morgan fingerprint density at radius 1 is 1.11 bits per heavy atom. The minimum atomic E-state index is -4.47. The zero-order valence-electron chi connectivity index (χ0n) is 9.54. The molecule has 2 aromatic carbocycles. The van der Waals surface area contributed by atoms with Crippen molar-refractivity contribution in [2.45, 2.75) is 4.90 Å². The van der Waals surface area contributed by atoms with E-state index < -0.39 is 10.1 Å². The number of rotatable bonds is 1. The average Bonchev–Trinajstić information content (AvgIpc) is 2.75. The first kappa shape index (κ1) is 13.5. The van der Waals surface area contributed by atoms with Crippen LogP contribution < -0.4 is 29.6 Å². The number of nitrogens with one attached hydrogen (secondary N) is 1. The Morgan fingerprint density at radius 2 is 1.89 bits per heavy atom. The van der Waals surface area contributed by atoms with Crippen molar-refractivity contribution >= 4 is 31.9 Å². The molecule has 1 heterocycles. The molecule has 1 N–H and O–H groups in total. The molecule has 1 aromatic heterocycles. The maximum Gasteiger partial charge on any atom is 1.00 e. The van der Waals surface area contributed by atoms with E-state index in [0.717, 1.165) is 5.52 Å². The minimum absolute atomic E-state index is 0. The molecule has 0 bridgehead atoms. The number of H-pyrrole nitrogens is 1. The molecule has 3 aromatic rings. The first-order chi connectivity index (χ1) is 8.07. The van der Waals surface area contributed by atoms with Crippen molar-refractivity contribution < 1.29 is 42.5 Å². The van der Waals surface area contributed by atoms with Crippen molar-refractivity contribution in [2.75, 3.05) is 0 Å². The van der Waals surface area contributed by atoms with Gasteiger partial charge < -0.3 is 9.54 Å². The van der Waals surface area contributed by atoms with Crippen LogP contribution in [0.3, 0.4) is 0 Å². The van der Waals surface area contributed by atoms with E-state index in [1.54, 1.807) is 24.3 Å². The predicted octanol–water partition coefficient (Wildman–Crippen LogP) is -1.38. The van der Waals surface area contributed by atoms with Gasteiger partial charge >= 0.3 is 29.6 Å². The van der Waals surface area contributed by atoms with E-state index in [9.17, 15) is 13.0 Å². The van der Waals surface area contributed by atoms with Gasteiger partial charge in [-0.05, 0) is 12.1 Å². The van der Waals surface area contributed by atoms with E-state index in [0.29, 0.717) is 16.3 Å². The van der Waals surface area contributed by atoms with Gasteiger partial charge in [0, 0.05) is 10.8 Å². The normalized spacial score (nSPS) is 11.6. The maximum atomic E-state index is 11.1. The molecule has 0 amide bonds. The number of fused-ring (bicyclic) bond motifs is 3. The number of benzene rings is 2. The number of nitrogens with zero attached hydrogens (tertiary/aromatic N) is 1. The molecule has 0 aliphatic heterocycles. The zero-order chi connectivity index (χ0) is 12.0. The molecule has 0 unspecified atom stereocenters. The SMILES string of the molecule is O=S(=O)([O-])c1cccc2c1ccc1[nH]cnc12.[Na+]. The van der Waals surface area contributed by atoms with Gasteiger partial charge in [-0.25, -0.2) is 13.4 Å². The van der Waals surface area contributed by atoms with Crippen LogP contribution in [0.4, 0.5) is 0 Å². The van der Waals surface area contributed by atoms with E-state index in [4.69, 9.17) is 0 Å². The molecule has 7 heteroatoms. The Hall–Kier alpha value is -0.920. The Morgan fingerprint density at radius 3 is 2.61 bits per heavy atom. The molecule has 3 rings (SSSR count). The van der Waals surface area contributed by atoms with Crippen molar-refractivity contribution in [1.29, 1.82) is 0 Å². The summed E-state index contributed by atoms with van der Waals surface area (Å²) in [4.78, 5) is 6.84. The van der Waals surface area contributed by atoms with Gasteiger partial charge in [-0.3, -0.25) is 0 Å². The predicted molar refractivity (Wildman–Crippen MR) is 61.6 cm³/mol. The molecule has 0 fully saturated rings. The third-order valence-electron chi connectivity index (χ3n) is 2.68. The molecule has 0 aliphatic carbocycles. The summed E-state index contributed by atoms with van der Waals surface area (Å²) < 4.78 is 33.4. The molecular formula is C11H7N2NaO3S. The molecule has 5 nitrogen and oxygen atoms in total. The van der Waals surface area contributed by atoms with Gasteiger partial charge in [-0.2, -0.15) is 0 Å². The number of aromatic amines is 1. The quantitative estimate of drug-likeness (QED) is 0.436. The van der Waals surface area contributed by atoms with Gasteiger partial charge in [0.05, 0.1) is 22.3 Å². The first-order valence-electron chi connectivity index (χ1n) is 4.88. The Balaban J connectivity index is 0.00000120. The van der Waals surface area contributed by atoms with Gasteiger partial charge in [0.1, 0.15) is 10.1 Å². The molecule has 18 heavy (non-hydrogen) atoms. The van der Waals surface area contributed by atoms with Crippen molar-refractivity contribution in [2.24, 2.45) is 0 Å². The summed E-state index contributed by atoms with van der Waals surface area (Å²) >= 11 is 0. The van der Waals surface area contributed by atoms with Crippen LogP contribution in [-0.4, -0.2) is 22.9 Å². The first-order valence-corrected chi connectivity index (χ1v) is 6.29. The molecule has 0 saturated heterocycles. The van der Waals surface area contributed by atoms with Crippen molar-refractivity contribution in [3.8, 4) is 0 Å². The fraction of sp³-hybridized carbons (Fsp3) is 0. The summed E-state index contributed by atoms with van der Waals surface area (Å²) in [5.74, 6) is 0. The van der Waals surface area contributed by atoms with Crippen molar-refractivity contribution in [3.63, 3.8) is 0 Å². The standard InChI is InChI=1S/C11H8N2O3S.Na/c14-17(15,16)10-3-1-2-8-7(10)4-5-9-11(8)13-6-12-9;/h1-6H,(H,12,13)(H,14,15,16);/q;+1/p-1. The summed E-state index contributed by atoms with van der Waals surface area (Å²) in [6.07, 6.45) is 1.53. The molecule has 0 saturated carbocycles. The van der Waals surface area contributed by atoms with Crippen LogP contribution in [0.15, 0.2) is 41.6 Å². The summed E-state index contributed by atoms with van der Waals surface area (Å²) in [5.41, 5.74) is 1.46. The maximum absolute atomic E-state index is 11.1. The molecule has 0 atom stereocenters. The monoisotopic (exact) mass is 270 g/mol. The van der Waals surface area contributed by atoms with Crippen LogP contribution in [0.25, 0.3) is 21.8 Å². The van der Waals surface area contributed by atoms with Crippen LogP contribution in [-0.2, 0) is 10.1 Å². The topological polar surface area (TPSA) is 85.9 Å². The van der Waals surface area contributed by atoms with Crippen LogP contribution in [0.1, 0.15) is 0 Å². The molecule has 86 valence electrons. The molecule has 0 aliphatic rings. The van der Waals surface area contributed by atoms with Crippen LogP contribution in [0.5, 0.6) is 0 Å². The van der Waals surface area contributed by atoms with Crippen molar-refractivity contribution in [1.82, 2.24) is 9.97 Å². The van der Waals surface area contributed by atoms with E-state index >= 15 is 0 Å². The number of aromatic nitrogens is 2. The third kappa shape index (κ3) is 2.06. The number of hydrogen-bond acceptors (Lipinski definition) is 4. The largest absolute Gasteiger partial charge is 1.00 e. The van der Waals surface area contributed by atoms with E-state index in [1.165, 1.54) is 12.4 Å². The fourth-order valence-corrected chi connectivity index (χ4v) is 2.65. The van der Waals surface area contributed by atoms with Gasteiger partial charge in [0.2, 0.25) is 0 Å². The zero-order valence-corrected chi connectivity index (χ0v) is 12.4. The number of imidazole rings is 1. The van der Waals surface area contributed by atoms with Gasteiger partial charge in [-0.15, -0.1) is 0 Å². The van der Waals surface area contributed by atoms with Crippen LogP contribution >= 0.6 is 0 Å². The second-order valence-electron chi connectivity index (χ2n) is 3.67. The Kier molecular flexibility index (Phi) is 3.48. The summed E-state index contributed by atoms with van der Waals surface area (Å²) in [6, 6.07) is 7.91. The fourth-order valence-electron chi connectivity index (χ4n) is 1.95. The van der Waals surface area contributed by atoms with Gasteiger partial charge in [-0.1, -0.05) is 18.2 Å². The summed E-state index contributed by atoms with van der Waals surface area (Å²) in [5, 5.41) is 1.06. The molecule has 0 radical (unpaired) electrons. The molecular weight excluding hydrogens is 263 g/mol. The van der Waals surface area contributed by atoms with Gasteiger partial charge in [0.25, 0.3) is 0 Å². The van der Waals surface area contributed by atoms with E-state index in [-0.39, 0.29) is 34.5 Å². The second kappa shape index (κ2) is 4.64. The smallest absolute Gasteiger partial charge is 0.744 e. The summed E-state index contributed by atoms with van der Waals surface area (Å²) in [7, 11) is -4.47. The Labute approximate surface area is 125 Å². The average molecular weight is 270 g/mol. The molecule has 0 spiro atoms. The van der Waals surface area contributed by atoms with Crippen LogP contribution in [0.2, 0.25) is 0 Å². The van der Waals surface area contributed by atoms with Crippen LogP contribution in [0, 0.1) is 0 Å². The second-order valence-corrected chi connectivity index (χ2v) is 5.02. The van der Waals surface area contributed by atoms with Crippen molar-refractivity contribution in [3.05, 3.63) is 36.7 Å². The number of hydrogen-bond donors (Lipinski definition) is 1. The van der Waals surface area contributed by atoms with E-state index in [2.05, 4.69) is 9.97 Å². The Bertz CT molecular complexity index is 827. The van der Waals surface area contributed by atoms with Gasteiger partial charge in [0.15, 0.2) is 0 Å². The minimum Gasteiger partial charge on any atom is -0.744 e. The third-order valence-corrected chi connectivity index (χ3v) is 3.57. The summed E-state index contributed by atoms with van der Waals surface area (Å²) in [6.45, 7) is 0.